The molecule has 1 saturated heterocycles. The highest BCUT2D eigenvalue weighted by atomic mass is 16.1. The molecule has 1 amide bonds. The molecule has 0 aliphatic carbocycles. The maximum atomic E-state index is 12.1. The lowest BCUT2D eigenvalue weighted by molar-refractivity contribution is 0.0949. The van der Waals surface area contributed by atoms with Gasteiger partial charge >= 0.3 is 0 Å². The molecular weight excluding hydrogens is 306 g/mol. The summed E-state index contributed by atoms with van der Waals surface area (Å²) in [4.78, 5) is 33.5. The molecule has 3 rings (SSSR count). The first-order chi connectivity index (χ1) is 11.6. The van der Waals surface area contributed by atoms with Crippen LogP contribution in [0.2, 0.25) is 0 Å². The van der Waals surface area contributed by atoms with Crippen LogP contribution in [-0.2, 0) is 6.54 Å². The lowest BCUT2D eigenvalue weighted by Gasteiger charge is -2.18. The van der Waals surface area contributed by atoms with Crippen molar-refractivity contribution in [3.8, 4) is 0 Å². The molecule has 0 radical (unpaired) electrons. The normalized spacial score (nSPS) is 13.8. The van der Waals surface area contributed by atoms with E-state index in [9.17, 15) is 4.79 Å². The van der Waals surface area contributed by atoms with Crippen molar-refractivity contribution in [2.45, 2.75) is 19.4 Å². The van der Waals surface area contributed by atoms with E-state index in [1.165, 1.54) is 6.20 Å². The minimum atomic E-state index is -0.197. The molecule has 126 valence electrons. The zero-order chi connectivity index (χ0) is 16.9. The molecule has 0 unspecified atom stereocenters. The van der Waals surface area contributed by atoms with Gasteiger partial charge in [0.15, 0.2) is 5.82 Å². The van der Waals surface area contributed by atoms with Crippen LogP contribution in [0.4, 0.5) is 11.9 Å². The number of aromatic nitrogens is 4. The van der Waals surface area contributed by atoms with Gasteiger partial charge in [-0.25, -0.2) is 0 Å². The summed E-state index contributed by atoms with van der Waals surface area (Å²) in [7, 11) is 3.78. The van der Waals surface area contributed by atoms with Gasteiger partial charge in [-0.1, -0.05) is 0 Å². The third kappa shape index (κ3) is 3.76. The first-order valence-electron chi connectivity index (χ1n) is 7.99. The highest BCUT2D eigenvalue weighted by Gasteiger charge is 2.18. The van der Waals surface area contributed by atoms with Crippen molar-refractivity contribution < 1.29 is 4.79 Å². The van der Waals surface area contributed by atoms with Crippen LogP contribution in [0, 0.1) is 0 Å². The van der Waals surface area contributed by atoms with Crippen molar-refractivity contribution in [2.24, 2.45) is 0 Å². The van der Waals surface area contributed by atoms with E-state index < -0.39 is 0 Å². The summed E-state index contributed by atoms with van der Waals surface area (Å²) in [6.07, 6.45) is 5.46. The fourth-order valence-electron chi connectivity index (χ4n) is 2.49. The van der Waals surface area contributed by atoms with E-state index in [1.54, 1.807) is 18.3 Å². The molecule has 2 aromatic rings. The highest BCUT2D eigenvalue weighted by Crippen LogP contribution is 2.17. The van der Waals surface area contributed by atoms with Crippen LogP contribution < -0.4 is 15.1 Å². The van der Waals surface area contributed by atoms with Gasteiger partial charge in [-0.3, -0.25) is 9.78 Å². The molecular formula is C16H21N7O. The standard InChI is InChI=1S/C16H21N7O/c1-22(2)15-19-13(20-16(21-15)23-8-3-4-9-23)11-18-14(24)12-6-5-7-17-10-12/h5-7,10H,3-4,8-9,11H2,1-2H3,(H,18,24). The predicted molar refractivity (Wildman–Crippen MR) is 91.0 cm³/mol. The van der Waals surface area contributed by atoms with E-state index in [-0.39, 0.29) is 12.5 Å². The Labute approximate surface area is 141 Å². The lowest BCUT2D eigenvalue weighted by Crippen LogP contribution is -2.27. The van der Waals surface area contributed by atoms with Crippen LogP contribution in [0.15, 0.2) is 24.5 Å². The Morgan fingerprint density at radius 1 is 1.25 bits per heavy atom. The second-order valence-corrected chi connectivity index (χ2v) is 5.86. The first kappa shape index (κ1) is 16.1. The predicted octanol–water partition coefficient (Wildman–Crippen LogP) is 0.863. The van der Waals surface area contributed by atoms with Crippen LogP contribution in [0.1, 0.15) is 29.0 Å². The molecule has 0 spiro atoms. The second-order valence-electron chi connectivity index (χ2n) is 5.86. The molecule has 24 heavy (non-hydrogen) atoms. The van der Waals surface area contributed by atoms with E-state index in [0.717, 1.165) is 25.9 Å². The Balaban J connectivity index is 1.75. The average molecular weight is 327 g/mol. The number of hydrogen-bond donors (Lipinski definition) is 1. The van der Waals surface area contributed by atoms with Gasteiger partial charge in [-0.15, -0.1) is 0 Å². The topological polar surface area (TPSA) is 87.1 Å². The smallest absolute Gasteiger partial charge is 0.253 e. The Bertz CT molecular complexity index is 699. The van der Waals surface area contributed by atoms with Crippen LogP contribution in [0.5, 0.6) is 0 Å². The summed E-state index contributed by atoms with van der Waals surface area (Å²) in [5.74, 6) is 1.62. The summed E-state index contributed by atoms with van der Waals surface area (Å²) >= 11 is 0. The van der Waals surface area contributed by atoms with Gasteiger partial charge in [-0.2, -0.15) is 15.0 Å². The maximum absolute atomic E-state index is 12.1. The van der Waals surface area contributed by atoms with Crippen molar-refractivity contribution in [1.82, 2.24) is 25.3 Å². The van der Waals surface area contributed by atoms with E-state index in [1.807, 2.05) is 19.0 Å². The molecule has 2 aromatic heterocycles. The van der Waals surface area contributed by atoms with Crippen molar-refractivity contribution in [3.05, 3.63) is 35.9 Å². The fourth-order valence-corrected chi connectivity index (χ4v) is 2.49. The Morgan fingerprint density at radius 3 is 2.71 bits per heavy atom. The third-order valence-corrected chi connectivity index (χ3v) is 3.78. The summed E-state index contributed by atoms with van der Waals surface area (Å²) in [6, 6.07) is 3.45. The number of rotatable bonds is 5. The zero-order valence-corrected chi connectivity index (χ0v) is 13.9. The average Bonchev–Trinajstić information content (AvgIpc) is 3.15. The van der Waals surface area contributed by atoms with Gasteiger partial charge in [0.25, 0.3) is 5.91 Å². The Morgan fingerprint density at radius 2 is 2.04 bits per heavy atom. The molecule has 0 aromatic carbocycles. The van der Waals surface area contributed by atoms with Crippen LogP contribution >= 0.6 is 0 Å². The van der Waals surface area contributed by atoms with E-state index in [4.69, 9.17) is 0 Å². The van der Waals surface area contributed by atoms with Crippen molar-refractivity contribution in [2.75, 3.05) is 37.0 Å². The van der Waals surface area contributed by atoms with E-state index >= 15 is 0 Å². The molecule has 8 heteroatoms. The summed E-state index contributed by atoms with van der Waals surface area (Å²) in [6.45, 7) is 2.16. The Kier molecular flexibility index (Phi) is 4.83. The monoisotopic (exact) mass is 327 g/mol. The molecule has 0 bridgehead atoms. The Hall–Kier alpha value is -2.77. The minimum absolute atomic E-state index is 0.197. The lowest BCUT2D eigenvalue weighted by atomic mass is 10.3. The summed E-state index contributed by atoms with van der Waals surface area (Å²) < 4.78 is 0. The molecule has 3 heterocycles. The van der Waals surface area contributed by atoms with Gasteiger partial charge in [0.1, 0.15) is 0 Å². The fraction of sp³-hybridized carbons (Fsp3) is 0.438. The SMILES string of the molecule is CN(C)c1nc(CNC(=O)c2cccnc2)nc(N2CCCC2)n1. The molecule has 1 N–H and O–H groups in total. The highest BCUT2D eigenvalue weighted by molar-refractivity contribution is 5.93. The molecule has 8 nitrogen and oxygen atoms in total. The van der Waals surface area contributed by atoms with Crippen molar-refractivity contribution in [3.63, 3.8) is 0 Å². The third-order valence-electron chi connectivity index (χ3n) is 3.78. The van der Waals surface area contributed by atoms with Crippen molar-refractivity contribution >= 4 is 17.8 Å². The van der Waals surface area contributed by atoms with Crippen LogP contribution in [0.3, 0.4) is 0 Å². The second kappa shape index (κ2) is 7.20. The number of carbonyl (C=O) groups excluding carboxylic acids is 1. The number of amides is 1. The molecule has 0 saturated carbocycles. The largest absolute Gasteiger partial charge is 0.347 e. The van der Waals surface area contributed by atoms with E-state index in [0.29, 0.717) is 23.3 Å². The number of nitrogens with one attached hydrogen (secondary N) is 1. The van der Waals surface area contributed by atoms with E-state index in [2.05, 4.69) is 30.2 Å². The number of nitrogens with zero attached hydrogens (tertiary/aromatic N) is 6. The molecule has 1 aliphatic heterocycles. The van der Waals surface area contributed by atoms with Gasteiger partial charge < -0.3 is 15.1 Å². The van der Waals surface area contributed by atoms with Crippen molar-refractivity contribution in [1.29, 1.82) is 0 Å². The first-order valence-corrected chi connectivity index (χ1v) is 7.99. The number of anilines is 2. The van der Waals surface area contributed by atoms with Gasteiger partial charge in [-0.05, 0) is 25.0 Å². The quantitative estimate of drug-likeness (QED) is 0.871. The van der Waals surface area contributed by atoms with Gasteiger partial charge in [0.2, 0.25) is 11.9 Å². The zero-order valence-electron chi connectivity index (χ0n) is 13.9. The number of pyridine rings is 1. The molecule has 1 aliphatic rings. The number of carbonyl (C=O) groups is 1. The van der Waals surface area contributed by atoms with Gasteiger partial charge in [0, 0.05) is 39.6 Å². The van der Waals surface area contributed by atoms with Crippen LogP contribution in [-0.4, -0.2) is 53.0 Å². The summed E-state index contributed by atoms with van der Waals surface area (Å²) in [5.41, 5.74) is 0.513. The maximum Gasteiger partial charge on any atom is 0.253 e. The minimum Gasteiger partial charge on any atom is -0.347 e. The van der Waals surface area contributed by atoms with Crippen LogP contribution in [0.25, 0.3) is 0 Å². The molecule has 1 fully saturated rings. The molecule has 0 atom stereocenters. The summed E-state index contributed by atoms with van der Waals surface area (Å²) in [5, 5.41) is 2.83. The number of hydrogen-bond acceptors (Lipinski definition) is 7. The van der Waals surface area contributed by atoms with Gasteiger partial charge in [0.05, 0.1) is 12.1 Å².